The summed E-state index contributed by atoms with van der Waals surface area (Å²) in [6.45, 7) is 6.42. The average molecular weight is 288 g/mol. The molecule has 0 fully saturated rings. The van der Waals surface area contributed by atoms with Crippen LogP contribution >= 0.6 is 0 Å². The number of nitrogens with one attached hydrogen (secondary N) is 2. The fourth-order valence-electron chi connectivity index (χ4n) is 2.26. The third-order valence-corrected chi connectivity index (χ3v) is 3.20. The fourth-order valence-corrected chi connectivity index (χ4v) is 2.26. The first-order valence-corrected chi connectivity index (χ1v) is 7.37. The summed E-state index contributed by atoms with van der Waals surface area (Å²) in [6, 6.07) is 10.6. The molecule has 0 aliphatic heterocycles. The molecule has 0 aromatic heterocycles. The zero-order valence-electron chi connectivity index (χ0n) is 12.9. The van der Waals surface area contributed by atoms with Crippen LogP contribution in [0.1, 0.15) is 32.8 Å². The van der Waals surface area contributed by atoms with Gasteiger partial charge >= 0.3 is 6.09 Å². The highest BCUT2D eigenvalue weighted by Crippen LogP contribution is 2.13. The monoisotopic (exact) mass is 288 g/mol. The van der Waals surface area contributed by atoms with Gasteiger partial charge in [-0.2, -0.15) is 0 Å². The lowest BCUT2D eigenvalue weighted by molar-refractivity contribution is 0.0513. The Morgan fingerprint density at radius 3 is 2.52 bits per heavy atom. The van der Waals surface area contributed by atoms with E-state index in [9.17, 15) is 4.79 Å². The number of ether oxygens (including phenoxy) is 1. The van der Waals surface area contributed by atoms with Crippen molar-refractivity contribution in [2.75, 3.05) is 0 Å². The highest BCUT2D eigenvalue weighted by molar-refractivity contribution is 5.68. The van der Waals surface area contributed by atoms with Crippen LogP contribution < -0.4 is 10.6 Å². The summed E-state index contributed by atoms with van der Waals surface area (Å²) in [5.74, 6) is 0. The third-order valence-electron chi connectivity index (χ3n) is 3.20. The molecule has 0 spiro atoms. The van der Waals surface area contributed by atoms with Crippen LogP contribution in [0.15, 0.2) is 42.5 Å². The molecule has 1 aromatic rings. The Morgan fingerprint density at radius 1 is 1.19 bits per heavy atom. The second kappa shape index (κ2) is 6.76. The molecule has 1 aliphatic carbocycles. The zero-order valence-corrected chi connectivity index (χ0v) is 12.9. The van der Waals surface area contributed by atoms with Crippen molar-refractivity contribution in [3.8, 4) is 0 Å². The predicted molar refractivity (Wildman–Crippen MR) is 84.0 cm³/mol. The number of hydrogen-bond acceptors (Lipinski definition) is 3. The molecule has 0 heterocycles. The van der Waals surface area contributed by atoms with E-state index in [0.717, 1.165) is 13.0 Å². The van der Waals surface area contributed by atoms with Gasteiger partial charge in [0.25, 0.3) is 0 Å². The number of hydrogen-bond donors (Lipinski definition) is 2. The summed E-state index contributed by atoms with van der Waals surface area (Å²) < 4.78 is 5.26. The Hall–Kier alpha value is -1.81. The standard InChI is InChI=1S/C17H24N2O2/c1-17(2,3)21-16(20)19-15-10-9-14(11-15)18-12-13-7-5-4-6-8-13/h4-10,14-15,18H,11-12H2,1-3H3,(H,19,20). The van der Waals surface area contributed by atoms with E-state index in [1.165, 1.54) is 5.56 Å². The van der Waals surface area contributed by atoms with Crippen LogP contribution in [0.5, 0.6) is 0 Å². The van der Waals surface area contributed by atoms with Crippen molar-refractivity contribution in [3.63, 3.8) is 0 Å². The summed E-state index contributed by atoms with van der Waals surface area (Å²) in [4.78, 5) is 11.7. The summed E-state index contributed by atoms with van der Waals surface area (Å²) in [5.41, 5.74) is 0.798. The number of amides is 1. The molecule has 2 N–H and O–H groups in total. The molecule has 1 aromatic carbocycles. The quantitative estimate of drug-likeness (QED) is 0.837. The number of rotatable bonds is 4. The second-order valence-electron chi connectivity index (χ2n) is 6.35. The molecule has 0 saturated carbocycles. The minimum absolute atomic E-state index is 0.0353. The fraction of sp³-hybridized carbons (Fsp3) is 0.471. The molecular formula is C17H24N2O2. The molecule has 21 heavy (non-hydrogen) atoms. The molecule has 0 saturated heterocycles. The molecule has 2 rings (SSSR count). The smallest absolute Gasteiger partial charge is 0.408 e. The first kappa shape index (κ1) is 15.6. The molecule has 0 bridgehead atoms. The maximum Gasteiger partial charge on any atom is 0.408 e. The number of alkyl carbamates (subject to hydrolysis) is 1. The Labute approximate surface area is 126 Å². The Balaban J connectivity index is 1.72. The Bertz CT molecular complexity index is 491. The SMILES string of the molecule is CC(C)(C)OC(=O)NC1C=CC(NCc2ccccc2)C1. The molecule has 2 atom stereocenters. The van der Waals surface area contributed by atoms with Gasteiger partial charge in [0.2, 0.25) is 0 Å². The van der Waals surface area contributed by atoms with Crippen LogP contribution in [0.25, 0.3) is 0 Å². The van der Waals surface area contributed by atoms with Crippen molar-refractivity contribution in [3.05, 3.63) is 48.0 Å². The van der Waals surface area contributed by atoms with E-state index in [1.54, 1.807) is 0 Å². The highest BCUT2D eigenvalue weighted by atomic mass is 16.6. The van der Waals surface area contributed by atoms with Crippen LogP contribution in [0.3, 0.4) is 0 Å². The molecular weight excluding hydrogens is 264 g/mol. The van der Waals surface area contributed by atoms with Crippen LogP contribution in [0, 0.1) is 0 Å². The molecule has 0 radical (unpaired) electrons. The lowest BCUT2D eigenvalue weighted by atomic mass is 10.2. The molecule has 4 heteroatoms. The first-order valence-electron chi connectivity index (χ1n) is 7.37. The number of carbonyl (C=O) groups excluding carboxylic acids is 1. The van der Waals surface area contributed by atoms with Crippen LogP contribution in [-0.2, 0) is 11.3 Å². The van der Waals surface area contributed by atoms with E-state index in [-0.39, 0.29) is 18.2 Å². The molecule has 1 amide bonds. The summed E-state index contributed by atoms with van der Waals surface area (Å²) in [7, 11) is 0. The topological polar surface area (TPSA) is 50.4 Å². The lowest BCUT2D eigenvalue weighted by Crippen LogP contribution is -2.39. The van der Waals surface area contributed by atoms with Crippen molar-refractivity contribution in [2.24, 2.45) is 0 Å². The summed E-state index contributed by atoms with van der Waals surface area (Å²) in [5, 5.41) is 6.35. The van der Waals surface area contributed by atoms with E-state index in [2.05, 4.69) is 28.8 Å². The van der Waals surface area contributed by atoms with Crippen molar-refractivity contribution in [1.82, 2.24) is 10.6 Å². The predicted octanol–water partition coefficient (Wildman–Crippen LogP) is 3.00. The number of benzene rings is 1. The molecule has 1 aliphatic rings. The van der Waals surface area contributed by atoms with E-state index < -0.39 is 5.60 Å². The van der Waals surface area contributed by atoms with Gasteiger partial charge in [-0.3, -0.25) is 0 Å². The van der Waals surface area contributed by atoms with E-state index >= 15 is 0 Å². The van der Waals surface area contributed by atoms with Crippen molar-refractivity contribution < 1.29 is 9.53 Å². The molecule has 114 valence electrons. The summed E-state index contributed by atoms with van der Waals surface area (Å²) in [6.07, 6.45) is 4.62. The van der Waals surface area contributed by atoms with Gasteiger partial charge in [0, 0.05) is 12.6 Å². The third kappa shape index (κ3) is 5.60. The van der Waals surface area contributed by atoms with Gasteiger partial charge in [-0.15, -0.1) is 0 Å². The van der Waals surface area contributed by atoms with Gasteiger partial charge in [0.1, 0.15) is 5.60 Å². The highest BCUT2D eigenvalue weighted by Gasteiger charge is 2.23. The van der Waals surface area contributed by atoms with Crippen molar-refractivity contribution >= 4 is 6.09 Å². The van der Waals surface area contributed by atoms with Gasteiger partial charge in [-0.1, -0.05) is 42.5 Å². The van der Waals surface area contributed by atoms with Gasteiger partial charge in [-0.25, -0.2) is 4.79 Å². The second-order valence-corrected chi connectivity index (χ2v) is 6.35. The zero-order chi connectivity index (χ0) is 15.3. The van der Waals surface area contributed by atoms with E-state index in [0.29, 0.717) is 0 Å². The van der Waals surface area contributed by atoms with Gasteiger partial charge in [0.15, 0.2) is 0 Å². The van der Waals surface area contributed by atoms with Crippen molar-refractivity contribution in [1.29, 1.82) is 0 Å². The minimum Gasteiger partial charge on any atom is -0.444 e. The molecule has 4 nitrogen and oxygen atoms in total. The maximum absolute atomic E-state index is 11.7. The summed E-state index contributed by atoms with van der Waals surface area (Å²) >= 11 is 0. The van der Waals surface area contributed by atoms with Gasteiger partial charge < -0.3 is 15.4 Å². The minimum atomic E-state index is -0.461. The Kier molecular flexibility index (Phi) is 5.02. The maximum atomic E-state index is 11.7. The van der Waals surface area contributed by atoms with Gasteiger partial charge in [0.05, 0.1) is 6.04 Å². The first-order chi connectivity index (χ1) is 9.92. The molecule has 2 unspecified atom stereocenters. The number of carbonyl (C=O) groups is 1. The normalized spacial score (nSPS) is 21.3. The lowest BCUT2D eigenvalue weighted by Gasteiger charge is -2.21. The van der Waals surface area contributed by atoms with Crippen LogP contribution in [-0.4, -0.2) is 23.8 Å². The van der Waals surface area contributed by atoms with Gasteiger partial charge in [-0.05, 0) is 32.8 Å². The largest absolute Gasteiger partial charge is 0.444 e. The van der Waals surface area contributed by atoms with Crippen LogP contribution in [0.2, 0.25) is 0 Å². The van der Waals surface area contributed by atoms with E-state index in [1.807, 2.05) is 45.0 Å². The Morgan fingerprint density at radius 2 is 1.86 bits per heavy atom. The average Bonchev–Trinajstić information content (AvgIpc) is 2.83. The van der Waals surface area contributed by atoms with E-state index in [4.69, 9.17) is 4.74 Å². The van der Waals surface area contributed by atoms with Crippen molar-refractivity contribution in [2.45, 2.75) is 51.4 Å². The van der Waals surface area contributed by atoms with Crippen LogP contribution in [0.4, 0.5) is 4.79 Å².